The van der Waals surface area contributed by atoms with E-state index in [0.717, 1.165) is 30.4 Å². The summed E-state index contributed by atoms with van der Waals surface area (Å²) in [4.78, 5) is 48.7. The zero-order valence-electron chi connectivity index (χ0n) is 20.5. The molecule has 1 unspecified atom stereocenters. The summed E-state index contributed by atoms with van der Waals surface area (Å²) in [6.07, 6.45) is 5.83. The molecule has 0 bridgehead atoms. The van der Waals surface area contributed by atoms with Crippen LogP contribution in [0.2, 0.25) is 0 Å². The largest absolute Gasteiger partial charge is 1.00 e. The number of ketones is 2. The molecule has 0 aromatic carbocycles. The SMILES string of the molecule is CC1=CC(=O)C=C2CC[C@@H]3[C@H](C(O)C[C@@]4(C)[C@H]3CC[C@]4(O)C(=O)CO)[C@@]12C.O=P([O-])([O-])O.[Na+].[Na+]. The van der Waals surface area contributed by atoms with Gasteiger partial charge in [-0.3, -0.25) is 9.59 Å². The summed E-state index contributed by atoms with van der Waals surface area (Å²) in [5.41, 5.74) is -0.534. The molecule has 9 nitrogen and oxygen atoms in total. The van der Waals surface area contributed by atoms with Crippen molar-refractivity contribution in [2.45, 2.75) is 64.6 Å². The second-order valence-electron chi connectivity index (χ2n) is 10.1. The Kier molecular flexibility index (Phi) is 10.9. The molecule has 4 N–H and O–H groups in total. The summed E-state index contributed by atoms with van der Waals surface area (Å²) in [6, 6.07) is 0. The summed E-state index contributed by atoms with van der Waals surface area (Å²) in [5.74, 6) is -0.225. The van der Waals surface area contributed by atoms with Crippen molar-refractivity contribution in [2.24, 2.45) is 28.6 Å². The average molecular weight is 516 g/mol. The predicted molar refractivity (Wildman–Crippen MR) is 109 cm³/mol. The summed E-state index contributed by atoms with van der Waals surface area (Å²) >= 11 is 0. The fourth-order valence-corrected chi connectivity index (χ4v) is 7.27. The molecule has 0 aliphatic heterocycles. The summed E-state index contributed by atoms with van der Waals surface area (Å²) in [6.45, 7) is 5.37. The first-order valence-electron chi connectivity index (χ1n) is 10.8. The Morgan fingerprint density at radius 3 is 2.29 bits per heavy atom. The van der Waals surface area contributed by atoms with Gasteiger partial charge in [0.05, 0.1) is 13.9 Å². The van der Waals surface area contributed by atoms with E-state index in [-0.39, 0.29) is 88.1 Å². The van der Waals surface area contributed by atoms with Crippen molar-refractivity contribution >= 4 is 19.4 Å². The first-order valence-corrected chi connectivity index (χ1v) is 12.3. The fourth-order valence-electron chi connectivity index (χ4n) is 7.27. The normalized spacial score (nSPS) is 40.6. The van der Waals surface area contributed by atoms with Gasteiger partial charge in [-0.1, -0.05) is 25.0 Å². The zero-order valence-corrected chi connectivity index (χ0v) is 25.4. The van der Waals surface area contributed by atoms with Crippen molar-refractivity contribution < 1.29 is 103 Å². The molecule has 7 atom stereocenters. The number of Topliss-reactive ketones (excluding diaryl/α,β-unsaturated/α-hetero) is 1. The zero-order chi connectivity index (χ0) is 24.3. The van der Waals surface area contributed by atoms with Gasteiger partial charge in [0.1, 0.15) is 12.2 Å². The van der Waals surface area contributed by atoms with E-state index in [1.165, 1.54) is 0 Å². The molecule has 3 fully saturated rings. The van der Waals surface area contributed by atoms with E-state index in [4.69, 9.17) is 19.2 Å². The van der Waals surface area contributed by atoms with Gasteiger partial charge in [0.15, 0.2) is 11.6 Å². The topological polar surface area (TPSA) is 178 Å². The second kappa shape index (κ2) is 11.3. The summed E-state index contributed by atoms with van der Waals surface area (Å²) < 4.78 is 8.66. The molecule has 0 aromatic heterocycles. The minimum atomic E-state index is -5.14. The Morgan fingerprint density at radius 1 is 1.21 bits per heavy atom. The van der Waals surface area contributed by atoms with E-state index in [1.54, 1.807) is 12.2 Å². The maximum atomic E-state index is 12.4. The molecule has 0 spiro atoms. The predicted octanol–water partition coefficient (Wildman–Crippen LogP) is -6.24. The number of hydrogen-bond acceptors (Lipinski definition) is 8. The number of phosphoric acid groups is 1. The maximum absolute atomic E-state index is 12.4. The Labute approximate surface area is 243 Å². The van der Waals surface area contributed by atoms with Gasteiger partial charge in [-0.2, -0.15) is 0 Å². The summed E-state index contributed by atoms with van der Waals surface area (Å²) in [7, 11) is -5.14. The van der Waals surface area contributed by atoms with Gasteiger partial charge in [0.2, 0.25) is 0 Å². The number of aliphatic hydroxyl groups is 3. The Balaban J connectivity index is 0.000000752. The van der Waals surface area contributed by atoms with Crippen LogP contribution in [0.25, 0.3) is 0 Å². The smallest absolute Gasteiger partial charge is 0.790 e. The molecular formula is C22H31Na2O9P. The van der Waals surface area contributed by atoms with E-state index in [0.29, 0.717) is 12.8 Å². The number of carbonyl (C=O) groups excluding carboxylic acids is 2. The van der Waals surface area contributed by atoms with Crippen molar-refractivity contribution in [1.82, 2.24) is 0 Å². The molecule has 12 heteroatoms. The van der Waals surface area contributed by atoms with Crippen LogP contribution < -0.4 is 68.9 Å². The van der Waals surface area contributed by atoms with E-state index in [2.05, 4.69) is 6.92 Å². The Bertz CT molecular complexity index is 923. The van der Waals surface area contributed by atoms with Crippen LogP contribution in [-0.4, -0.2) is 50.1 Å². The number of allylic oxidation sites excluding steroid dienone is 4. The Hall–Kier alpha value is 0.810. The molecule has 0 radical (unpaired) electrons. The minimum Gasteiger partial charge on any atom is -0.790 e. The van der Waals surface area contributed by atoms with Crippen LogP contribution in [0.3, 0.4) is 0 Å². The molecule has 0 saturated heterocycles. The molecule has 34 heavy (non-hydrogen) atoms. The monoisotopic (exact) mass is 516 g/mol. The van der Waals surface area contributed by atoms with Gasteiger partial charge in [-0.05, 0) is 63.0 Å². The molecule has 4 aliphatic carbocycles. The van der Waals surface area contributed by atoms with Crippen LogP contribution in [0.15, 0.2) is 23.3 Å². The van der Waals surface area contributed by atoms with E-state index in [1.807, 2.05) is 13.8 Å². The molecule has 0 heterocycles. The quantitative estimate of drug-likeness (QED) is 0.205. The van der Waals surface area contributed by atoms with Crippen molar-refractivity contribution in [3.8, 4) is 0 Å². The average Bonchev–Trinajstić information content (AvgIpc) is 2.92. The van der Waals surface area contributed by atoms with E-state index >= 15 is 0 Å². The van der Waals surface area contributed by atoms with Gasteiger partial charge >= 0.3 is 59.1 Å². The number of rotatable bonds is 2. The molecule has 3 saturated carbocycles. The van der Waals surface area contributed by atoms with Crippen LogP contribution in [0, 0.1) is 28.6 Å². The van der Waals surface area contributed by atoms with Crippen molar-refractivity contribution in [3.63, 3.8) is 0 Å². The van der Waals surface area contributed by atoms with Gasteiger partial charge in [0.25, 0.3) is 0 Å². The van der Waals surface area contributed by atoms with Crippen molar-refractivity contribution in [1.29, 1.82) is 0 Å². The molecule has 180 valence electrons. The van der Waals surface area contributed by atoms with Gasteiger partial charge in [-0.15, -0.1) is 0 Å². The van der Waals surface area contributed by atoms with Crippen LogP contribution in [-0.2, 0) is 14.2 Å². The molecule has 0 amide bonds. The number of hydrogen-bond donors (Lipinski definition) is 4. The fraction of sp³-hybridized carbons (Fsp3) is 0.727. The van der Waals surface area contributed by atoms with Crippen LogP contribution in [0.5, 0.6) is 0 Å². The number of carbonyl (C=O) groups is 2. The molecule has 4 rings (SSSR count). The third-order valence-corrected chi connectivity index (χ3v) is 8.79. The second-order valence-corrected chi connectivity index (χ2v) is 11.0. The molecular weight excluding hydrogens is 485 g/mol. The van der Waals surface area contributed by atoms with Gasteiger partial charge in [0, 0.05) is 16.7 Å². The molecule has 0 aromatic rings. The summed E-state index contributed by atoms with van der Waals surface area (Å²) in [5, 5.41) is 31.9. The van der Waals surface area contributed by atoms with Crippen LogP contribution in [0.1, 0.15) is 52.9 Å². The molecule has 4 aliphatic rings. The standard InChI is InChI=1S/C22H30O5.2Na.H3O4P/c1-12-8-14(24)9-13-4-5-15-16-6-7-22(27,18(26)11-23)20(16,2)10-17(25)19(15)21(12,13)3;;;1-5(2,3)4/h8-9,15-17,19,23,25,27H,4-7,10-11H2,1-3H3;;;(H3,1,2,3,4)/q;2*+1;/p-2/t15-,16-,17?,19+,20-,21-,22-;;;/m0.../s1. The van der Waals surface area contributed by atoms with Crippen LogP contribution in [0.4, 0.5) is 0 Å². The van der Waals surface area contributed by atoms with Crippen molar-refractivity contribution in [2.75, 3.05) is 6.61 Å². The van der Waals surface area contributed by atoms with E-state index < -0.39 is 37.3 Å². The van der Waals surface area contributed by atoms with Gasteiger partial charge < -0.3 is 34.6 Å². The number of aliphatic hydroxyl groups excluding tert-OH is 2. The Morgan fingerprint density at radius 2 is 1.76 bits per heavy atom. The number of fused-ring (bicyclic) bond motifs is 5. The minimum absolute atomic E-state index is 0. The third-order valence-electron chi connectivity index (χ3n) is 8.79. The maximum Gasteiger partial charge on any atom is 1.00 e. The van der Waals surface area contributed by atoms with Gasteiger partial charge in [-0.25, -0.2) is 0 Å². The van der Waals surface area contributed by atoms with Crippen molar-refractivity contribution in [3.05, 3.63) is 23.3 Å². The first kappa shape index (κ1) is 32.8. The first-order chi connectivity index (χ1) is 14.6. The van der Waals surface area contributed by atoms with E-state index in [9.17, 15) is 24.9 Å². The van der Waals surface area contributed by atoms with Crippen LogP contribution >= 0.6 is 7.82 Å². The third kappa shape index (κ3) is 5.48.